The van der Waals surface area contributed by atoms with E-state index in [0.717, 1.165) is 25.7 Å². The number of nitrogens with zero attached hydrogens (tertiary/aromatic N) is 1. The molecular weight excluding hydrogens is 214 g/mol. The number of carbonyl (C=O) groups excluding carboxylic acids is 1. The molecule has 3 nitrogen and oxygen atoms in total. The Morgan fingerprint density at radius 1 is 1.47 bits per heavy atom. The molecule has 4 heteroatoms. The van der Waals surface area contributed by atoms with Gasteiger partial charge in [0.05, 0.1) is 13.0 Å². The lowest BCUT2D eigenvalue weighted by Crippen LogP contribution is -2.40. The minimum absolute atomic E-state index is 0.220. The van der Waals surface area contributed by atoms with Crippen molar-refractivity contribution < 1.29 is 9.53 Å². The molecule has 0 radical (unpaired) electrons. The van der Waals surface area contributed by atoms with Gasteiger partial charge < -0.3 is 4.74 Å². The molecule has 1 aliphatic rings. The van der Waals surface area contributed by atoms with E-state index in [9.17, 15) is 4.79 Å². The smallest absolute Gasteiger partial charge is 0.414 e. The summed E-state index contributed by atoms with van der Waals surface area (Å²) < 4.78 is 4.76. The fraction of sp³-hybridized carbons (Fsp3) is 0.727. The van der Waals surface area contributed by atoms with Gasteiger partial charge in [-0.25, -0.2) is 4.79 Å². The Hall–Kier alpha value is -0.700. The largest absolute Gasteiger partial charge is 0.452 e. The lowest BCUT2D eigenvalue weighted by Gasteiger charge is -2.33. The van der Waals surface area contributed by atoms with Crippen molar-refractivity contribution in [2.24, 2.45) is 0 Å². The van der Waals surface area contributed by atoms with Gasteiger partial charge in [0.25, 0.3) is 0 Å². The number of methoxy groups -OCH3 is 1. The zero-order valence-corrected chi connectivity index (χ0v) is 9.92. The monoisotopic (exact) mass is 231 g/mol. The van der Waals surface area contributed by atoms with Crippen LogP contribution in [0.1, 0.15) is 32.1 Å². The summed E-state index contributed by atoms with van der Waals surface area (Å²) in [6, 6.07) is 0.220. The first-order valence-electron chi connectivity index (χ1n) is 5.31. The van der Waals surface area contributed by atoms with Gasteiger partial charge in [0.2, 0.25) is 0 Å². The van der Waals surface area contributed by atoms with Crippen LogP contribution in [-0.2, 0) is 4.74 Å². The number of hydrogen-bond acceptors (Lipinski definition) is 2. The third kappa shape index (κ3) is 3.13. The van der Waals surface area contributed by atoms with Crippen molar-refractivity contribution >= 4 is 17.7 Å². The van der Waals surface area contributed by atoms with Gasteiger partial charge in [0.1, 0.15) is 0 Å². The van der Waals surface area contributed by atoms with Crippen LogP contribution in [0.3, 0.4) is 0 Å². The summed E-state index contributed by atoms with van der Waals surface area (Å²) in [6.07, 6.45) is 5.27. The van der Waals surface area contributed by atoms with E-state index >= 15 is 0 Å². The van der Waals surface area contributed by atoms with Gasteiger partial charge in [-0.05, 0) is 12.8 Å². The first-order valence-corrected chi connectivity index (χ1v) is 5.85. The van der Waals surface area contributed by atoms with Crippen molar-refractivity contribution in [2.45, 2.75) is 38.1 Å². The van der Waals surface area contributed by atoms with Crippen molar-refractivity contribution in [3.8, 4) is 0 Å². The first kappa shape index (κ1) is 12.4. The molecule has 0 spiro atoms. The van der Waals surface area contributed by atoms with Gasteiger partial charge in [-0.2, -0.15) is 0 Å². The summed E-state index contributed by atoms with van der Waals surface area (Å²) in [7, 11) is 1.39. The molecule has 0 N–H and O–H groups in total. The highest BCUT2D eigenvalue weighted by Gasteiger charge is 2.27. The minimum Gasteiger partial charge on any atom is -0.452 e. The third-order valence-electron chi connectivity index (χ3n) is 2.81. The van der Waals surface area contributed by atoms with Gasteiger partial charge in [-0.3, -0.25) is 4.90 Å². The number of halogens is 1. The SMILES string of the molecule is C=C(CCl)N(C(=O)OC)C1CCCCC1. The molecule has 1 aliphatic carbocycles. The van der Waals surface area contributed by atoms with Gasteiger partial charge >= 0.3 is 6.09 Å². The molecule has 0 aromatic heterocycles. The second kappa shape index (κ2) is 6.01. The Morgan fingerprint density at radius 3 is 2.53 bits per heavy atom. The summed E-state index contributed by atoms with van der Waals surface area (Å²) >= 11 is 5.72. The van der Waals surface area contributed by atoms with Crippen molar-refractivity contribution in [2.75, 3.05) is 13.0 Å². The van der Waals surface area contributed by atoms with Crippen LogP contribution in [0.2, 0.25) is 0 Å². The summed E-state index contributed by atoms with van der Waals surface area (Å²) in [5.74, 6) is 0.269. The van der Waals surface area contributed by atoms with Crippen LogP contribution < -0.4 is 0 Å². The molecule has 1 fully saturated rings. The topological polar surface area (TPSA) is 29.5 Å². The molecule has 86 valence electrons. The quantitative estimate of drug-likeness (QED) is 0.699. The summed E-state index contributed by atoms with van der Waals surface area (Å²) in [6.45, 7) is 3.81. The summed E-state index contributed by atoms with van der Waals surface area (Å²) in [4.78, 5) is 13.2. The van der Waals surface area contributed by atoms with Crippen LogP contribution in [0, 0.1) is 0 Å². The average molecular weight is 232 g/mol. The first-order chi connectivity index (χ1) is 7.20. The normalized spacial score (nSPS) is 17.2. The van der Waals surface area contributed by atoms with E-state index in [0.29, 0.717) is 5.70 Å². The maximum absolute atomic E-state index is 11.6. The Kier molecular flexibility index (Phi) is 4.95. The highest BCUT2D eigenvalue weighted by molar-refractivity contribution is 6.19. The van der Waals surface area contributed by atoms with Crippen molar-refractivity contribution in [1.82, 2.24) is 4.90 Å². The fourth-order valence-electron chi connectivity index (χ4n) is 2.04. The number of hydrogen-bond donors (Lipinski definition) is 0. The lowest BCUT2D eigenvalue weighted by molar-refractivity contribution is 0.112. The van der Waals surface area contributed by atoms with Crippen molar-refractivity contribution in [1.29, 1.82) is 0 Å². The van der Waals surface area contributed by atoms with Crippen LogP contribution in [0.15, 0.2) is 12.3 Å². The van der Waals surface area contributed by atoms with Crippen LogP contribution in [0.5, 0.6) is 0 Å². The zero-order valence-electron chi connectivity index (χ0n) is 9.17. The molecule has 0 aliphatic heterocycles. The molecule has 0 aromatic carbocycles. The van der Waals surface area contributed by atoms with Gasteiger partial charge in [-0.15, -0.1) is 11.6 Å². The zero-order chi connectivity index (χ0) is 11.3. The molecule has 0 saturated heterocycles. The van der Waals surface area contributed by atoms with Gasteiger partial charge in [0, 0.05) is 11.7 Å². The van der Waals surface area contributed by atoms with E-state index < -0.39 is 0 Å². The van der Waals surface area contributed by atoms with E-state index in [1.807, 2.05) is 0 Å². The predicted molar refractivity (Wildman–Crippen MR) is 61.0 cm³/mol. The molecule has 0 unspecified atom stereocenters. The summed E-state index contributed by atoms with van der Waals surface area (Å²) in [5.41, 5.74) is 0.635. The Bertz CT molecular complexity index is 221. The average Bonchev–Trinajstić information content (AvgIpc) is 2.30. The van der Waals surface area contributed by atoms with E-state index in [1.165, 1.54) is 13.5 Å². The molecular formula is C11H18ClNO2. The van der Waals surface area contributed by atoms with Gasteiger partial charge in [0.15, 0.2) is 0 Å². The molecule has 1 amide bonds. The Morgan fingerprint density at radius 2 is 2.07 bits per heavy atom. The molecule has 1 rings (SSSR count). The number of carbonyl (C=O) groups is 1. The second-order valence-electron chi connectivity index (χ2n) is 3.83. The van der Waals surface area contributed by atoms with Crippen molar-refractivity contribution in [3.63, 3.8) is 0 Å². The van der Waals surface area contributed by atoms with E-state index in [1.54, 1.807) is 4.90 Å². The van der Waals surface area contributed by atoms with Crippen LogP contribution in [0.25, 0.3) is 0 Å². The number of ether oxygens (including phenoxy) is 1. The predicted octanol–water partition coefficient (Wildman–Crippen LogP) is 3.14. The number of rotatable bonds is 3. The van der Waals surface area contributed by atoms with E-state index in [-0.39, 0.29) is 18.0 Å². The second-order valence-corrected chi connectivity index (χ2v) is 4.10. The third-order valence-corrected chi connectivity index (χ3v) is 3.11. The molecule has 1 saturated carbocycles. The Labute approximate surface area is 96.0 Å². The minimum atomic E-state index is -0.340. The fourth-order valence-corrected chi connectivity index (χ4v) is 2.17. The molecule has 0 aromatic rings. The maximum Gasteiger partial charge on any atom is 0.414 e. The number of allylic oxidation sites excluding steroid dienone is 1. The van der Waals surface area contributed by atoms with E-state index in [2.05, 4.69) is 6.58 Å². The lowest BCUT2D eigenvalue weighted by atomic mass is 9.94. The highest BCUT2D eigenvalue weighted by Crippen LogP contribution is 2.25. The highest BCUT2D eigenvalue weighted by atomic mass is 35.5. The number of alkyl halides is 1. The Balaban J connectivity index is 2.69. The molecule has 0 bridgehead atoms. The maximum atomic E-state index is 11.6. The van der Waals surface area contributed by atoms with Crippen molar-refractivity contribution in [3.05, 3.63) is 12.3 Å². The van der Waals surface area contributed by atoms with Crippen LogP contribution in [-0.4, -0.2) is 30.0 Å². The van der Waals surface area contributed by atoms with Crippen LogP contribution >= 0.6 is 11.6 Å². The molecule has 0 atom stereocenters. The molecule has 15 heavy (non-hydrogen) atoms. The van der Waals surface area contributed by atoms with E-state index in [4.69, 9.17) is 16.3 Å². The summed E-state index contributed by atoms with van der Waals surface area (Å²) in [5, 5.41) is 0. The van der Waals surface area contributed by atoms with Gasteiger partial charge in [-0.1, -0.05) is 25.8 Å². The molecule has 0 heterocycles. The standard InChI is InChI=1S/C11H18ClNO2/c1-9(8-12)13(11(14)15-2)10-6-4-3-5-7-10/h10H,1,3-8H2,2H3. The van der Waals surface area contributed by atoms with Crippen LogP contribution in [0.4, 0.5) is 4.79 Å². The number of amides is 1.